The number of ether oxygens (including phenoxy) is 1. The summed E-state index contributed by atoms with van der Waals surface area (Å²) in [5, 5.41) is 3.45. The molecule has 0 bridgehead atoms. The quantitative estimate of drug-likeness (QED) is 0.369. The fourth-order valence-electron chi connectivity index (χ4n) is 5.98. The second kappa shape index (κ2) is 12.0. The minimum atomic E-state index is -0.356. The van der Waals surface area contributed by atoms with Crippen molar-refractivity contribution in [3.8, 4) is 11.4 Å². The number of hydrogen-bond donors (Lipinski definition) is 2. The third-order valence-electron chi connectivity index (χ3n) is 8.15. The zero-order chi connectivity index (χ0) is 28.4. The number of nitrogens with zero attached hydrogens (tertiary/aromatic N) is 3. The molecule has 1 aliphatic heterocycles. The van der Waals surface area contributed by atoms with Gasteiger partial charge < -0.3 is 24.5 Å². The zero-order valence-electron chi connectivity index (χ0n) is 24.0. The normalized spacial score (nSPS) is 18.8. The Hall–Kier alpha value is -3.46. The molecule has 40 heavy (non-hydrogen) atoms. The molecule has 2 atom stereocenters. The number of amides is 1. The number of benzene rings is 1. The standard InChI is InChI=1S/C31H41N5O4/c1-19(2)11-26(31(39)40-24-7-5-6-8-24)32-15-21-9-10-27-25(13-21)34-29(23-12-20(3)30(38)33-16-23)36(27)18-22-14-28(37)35(4)17-22/h9-10,12-13,16,19,22,24,26,32H,5-8,11,14-15,17-18H2,1-4H3,(H,33,38). The lowest BCUT2D eigenvalue weighted by Gasteiger charge is -2.22. The van der Waals surface area contributed by atoms with Crippen LogP contribution in [0.1, 0.15) is 63.5 Å². The predicted octanol–water partition coefficient (Wildman–Crippen LogP) is 4.17. The third-order valence-corrected chi connectivity index (χ3v) is 8.15. The maximum atomic E-state index is 13.0. The number of hydrogen-bond acceptors (Lipinski definition) is 6. The number of likely N-dealkylation sites (tertiary alicyclic amines) is 1. The highest BCUT2D eigenvalue weighted by atomic mass is 16.5. The Morgan fingerprint density at radius 3 is 2.65 bits per heavy atom. The lowest BCUT2D eigenvalue weighted by atomic mass is 10.0. The van der Waals surface area contributed by atoms with E-state index in [1.54, 1.807) is 18.0 Å². The molecule has 9 nitrogen and oxygen atoms in total. The Labute approximate surface area is 235 Å². The van der Waals surface area contributed by atoms with Crippen LogP contribution in [-0.4, -0.2) is 57.0 Å². The van der Waals surface area contributed by atoms with Gasteiger partial charge in [-0.25, -0.2) is 4.98 Å². The van der Waals surface area contributed by atoms with Crippen molar-refractivity contribution in [1.29, 1.82) is 0 Å². The molecule has 1 amide bonds. The average molecular weight is 548 g/mol. The summed E-state index contributed by atoms with van der Waals surface area (Å²) in [7, 11) is 1.84. The molecule has 2 unspecified atom stereocenters. The minimum absolute atomic E-state index is 0.0502. The molecule has 3 aromatic rings. The number of carbonyl (C=O) groups excluding carboxylic acids is 2. The van der Waals surface area contributed by atoms with Crippen LogP contribution >= 0.6 is 0 Å². The van der Waals surface area contributed by atoms with Crippen molar-refractivity contribution in [2.75, 3.05) is 13.6 Å². The van der Waals surface area contributed by atoms with Crippen LogP contribution in [0.25, 0.3) is 22.4 Å². The van der Waals surface area contributed by atoms with E-state index in [2.05, 4.69) is 46.9 Å². The fourth-order valence-corrected chi connectivity index (χ4v) is 5.98. The van der Waals surface area contributed by atoms with Crippen molar-refractivity contribution < 1.29 is 14.3 Å². The van der Waals surface area contributed by atoms with Gasteiger partial charge in [0.05, 0.1) is 11.0 Å². The van der Waals surface area contributed by atoms with Gasteiger partial charge in [0.25, 0.3) is 5.56 Å². The second-order valence-corrected chi connectivity index (χ2v) is 12.0. The first-order valence-corrected chi connectivity index (χ1v) is 14.5. The Balaban J connectivity index is 1.40. The second-order valence-electron chi connectivity index (χ2n) is 12.0. The van der Waals surface area contributed by atoms with E-state index < -0.39 is 0 Å². The topological polar surface area (TPSA) is 109 Å². The zero-order valence-corrected chi connectivity index (χ0v) is 24.0. The van der Waals surface area contributed by atoms with Crippen LogP contribution < -0.4 is 10.9 Å². The van der Waals surface area contributed by atoms with Crippen molar-refractivity contribution in [3.63, 3.8) is 0 Å². The van der Waals surface area contributed by atoms with Gasteiger partial charge in [0.2, 0.25) is 5.91 Å². The maximum absolute atomic E-state index is 13.0. The number of aromatic nitrogens is 3. The van der Waals surface area contributed by atoms with E-state index >= 15 is 0 Å². The van der Waals surface area contributed by atoms with Crippen LogP contribution in [0.4, 0.5) is 0 Å². The lowest BCUT2D eigenvalue weighted by molar-refractivity contribution is -0.151. The largest absolute Gasteiger partial charge is 0.461 e. The van der Waals surface area contributed by atoms with E-state index in [-0.39, 0.29) is 35.5 Å². The average Bonchev–Trinajstić information content (AvgIpc) is 3.63. The predicted molar refractivity (Wildman–Crippen MR) is 155 cm³/mol. The minimum Gasteiger partial charge on any atom is -0.461 e. The van der Waals surface area contributed by atoms with Crippen molar-refractivity contribution in [3.05, 3.63) is 51.9 Å². The van der Waals surface area contributed by atoms with Gasteiger partial charge in [-0.2, -0.15) is 0 Å². The summed E-state index contributed by atoms with van der Waals surface area (Å²) in [6.45, 7) is 7.90. The highest BCUT2D eigenvalue weighted by Gasteiger charge is 2.29. The first-order chi connectivity index (χ1) is 19.2. The van der Waals surface area contributed by atoms with E-state index in [1.807, 2.05) is 13.1 Å². The molecular weight excluding hydrogens is 506 g/mol. The van der Waals surface area contributed by atoms with Crippen molar-refractivity contribution in [2.45, 2.75) is 84.5 Å². The van der Waals surface area contributed by atoms with Gasteiger partial charge in [0.1, 0.15) is 18.0 Å². The van der Waals surface area contributed by atoms with Crippen molar-refractivity contribution >= 4 is 22.9 Å². The molecule has 1 aromatic carbocycles. The fraction of sp³-hybridized carbons (Fsp3) is 0.548. The summed E-state index contributed by atoms with van der Waals surface area (Å²) in [5.74, 6) is 1.31. The molecule has 2 fully saturated rings. The lowest BCUT2D eigenvalue weighted by Crippen LogP contribution is -2.40. The van der Waals surface area contributed by atoms with Gasteiger partial charge >= 0.3 is 5.97 Å². The number of fused-ring (bicyclic) bond motifs is 1. The SMILES string of the molecule is Cc1cc(-c2nc3cc(CNC(CC(C)C)C(=O)OC4CCCC4)ccc3n2CC2CC(=O)N(C)C2)c[nH]c1=O. The number of aromatic amines is 1. The van der Waals surface area contributed by atoms with Crippen LogP contribution in [0.5, 0.6) is 0 Å². The molecule has 1 saturated heterocycles. The molecule has 0 spiro atoms. The molecule has 2 aliphatic rings. The molecule has 2 aromatic heterocycles. The first kappa shape index (κ1) is 28.1. The monoisotopic (exact) mass is 547 g/mol. The van der Waals surface area contributed by atoms with Crippen LogP contribution in [0.3, 0.4) is 0 Å². The van der Waals surface area contributed by atoms with E-state index in [4.69, 9.17) is 9.72 Å². The van der Waals surface area contributed by atoms with Crippen molar-refractivity contribution in [2.24, 2.45) is 11.8 Å². The van der Waals surface area contributed by atoms with Crippen molar-refractivity contribution in [1.82, 2.24) is 24.8 Å². The number of pyridine rings is 1. The molecule has 0 radical (unpaired) electrons. The Kier molecular flexibility index (Phi) is 8.40. The molecular formula is C31H41N5O4. The van der Waals surface area contributed by atoms with Crippen LogP contribution in [-0.2, 0) is 27.4 Å². The third kappa shape index (κ3) is 6.30. The first-order valence-electron chi connectivity index (χ1n) is 14.5. The molecule has 1 aliphatic carbocycles. The number of aryl methyl sites for hydroxylation is 1. The van der Waals surface area contributed by atoms with E-state index in [9.17, 15) is 14.4 Å². The van der Waals surface area contributed by atoms with Crippen LogP contribution in [0, 0.1) is 18.8 Å². The number of nitrogens with one attached hydrogen (secondary N) is 2. The molecule has 5 rings (SSSR count). The summed E-state index contributed by atoms with van der Waals surface area (Å²) in [6, 6.07) is 7.69. The van der Waals surface area contributed by atoms with Gasteiger partial charge in [0, 0.05) is 56.3 Å². The number of imidazole rings is 1. The van der Waals surface area contributed by atoms with Crippen LogP contribution in [0.15, 0.2) is 35.3 Å². The maximum Gasteiger partial charge on any atom is 0.323 e. The summed E-state index contributed by atoms with van der Waals surface area (Å²) >= 11 is 0. The highest BCUT2D eigenvalue weighted by molar-refractivity contribution is 5.82. The highest BCUT2D eigenvalue weighted by Crippen LogP contribution is 2.29. The van der Waals surface area contributed by atoms with Crippen LogP contribution in [0.2, 0.25) is 0 Å². The summed E-state index contributed by atoms with van der Waals surface area (Å²) < 4.78 is 7.99. The Bertz CT molecular complexity index is 1440. The molecule has 214 valence electrons. The molecule has 3 heterocycles. The Morgan fingerprint density at radius 2 is 1.98 bits per heavy atom. The summed E-state index contributed by atoms with van der Waals surface area (Å²) in [6.07, 6.45) is 7.15. The van der Waals surface area contributed by atoms with Gasteiger partial charge in [-0.05, 0) is 68.7 Å². The number of esters is 1. The van der Waals surface area contributed by atoms with Gasteiger partial charge in [-0.15, -0.1) is 0 Å². The molecule has 1 saturated carbocycles. The molecule has 2 N–H and O–H groups in total. The number of H-pyrrole nitrogens is 1. The summed E-state index contributed by atoms with van der Waals surface area (Å²) in [5.41, 5.74) is 4.17. The van der Waals surface area contributed by atoms with Gasteiger partial charge in [-0.1, -0.05) is 19.9 Å². The Morgan fingerprint density at radius 1 is 1.20 bits per heavy atom. The smallest absolute Gasteiger partial charge is 0.323 e. The van der Waals surface area contributed by atoms with E-state index in [0.717, 1.165) is 53.7 Å². The van der Waals surface area contributed by atoms with Gasteiger partial charge in [-0.3, -0.25) is 14.4 Å². The van der Waals surface area contributed by atoms with E-state index in [0.29, 0.717) is 44.0 Å². The number of carbonyl (C=O) groups is 2. The summed E-state index contributed by atoms with van der Waals surface area (Å²) in [4.78, 5) is 46.8. The molecule has 9 heteroatoms. The number of rotatable bonds is 10. The van der Waals surface area contributed by atoms with E-state index in [1.165, 1.54) is 0 Å². The van der Waals surface area contributed by atoms with Gasteiger partial charge in [0.15, 0.2) is 0 Å².